The van der Waals surface area contributed by atoms with Crippen LogP contribution in [0.4, 0.5) is 5.82 Å². The number of hydrogen-bond donors (Lipinski definition) is 2. The molecule has 0 fully saturated rings. The molecule has 1 aromatic heterocycles. The van der Waals surface area contributed by atoms with E-state index < -0.39 is 0 Å². The topological polar surface area (TPSA) is 68.2 Å². The van der Waals surface area contributed by atoms with Crippen LogP contribution in [0.1, 0.15) is 33.3 Å². The van der Waals surface area contributed by atoms with Gasteiger partial charge in [0.15, 0.2) is 0 Å². The fourth-order valence-electron chi connectivity index (χ4n) is 2.40. The lowest BCUT2D eigenvalue weighted by atomic mass is 9.88. The van der Waals surface area contributed by atoms with Crippen molar-refractivity contribution in [2.24, 2.45) is 5.73 Å². The van der Waals surface area contributed by atoms with Crippen molar-refractivity contribution >= 4 is 5.82 Å². The zero-order chi connectivity index (χ0) is 13.8. The lowest BCUT2D eigenvalue weighted by Crippen LogP contribution is -2.56. The molecule has 4 N–H and O–H groups in total. The Morgan fingerprint density at radius 2 is 1.94 bits per heavy atom. The van der Waals surface area contributed by atoms with E-state index in [1.807, 2.05) is 12.1 Å². The summed E-state index contributed by atoms with van der Waals surface area (Å²) in [6.45, 7) is 10.8. The summed E-state index contributed by atoms with van der Waals surface area (Å²) in [5.41, 5.74) is 13.2. The quantitative estimate of drug-likeness (QED) is 0.805. The van der Waals surface area contributed by atoms with E-state index in [1.165, 1.54) is 0 Å². The summed E-state index contributed by atoms with van der Waals surface area (Å²) < 4.78 is 0. The first-order valence-electron chi connectivity index (χ1n) is 6.62. The third-order valence-corrected chi connectivity index (χ3v) is 3.79. The molecule has 1 aromatic rings. The highest BCUT2D eigenvalue weighted by Gasteiger charge is 2.31. The SMILES string of the molecule is CCN(CC)C(C)(C)C(N)Cc1ccnc(N)c1. The molecule has 0 aliphatic heterocycles. The molecule has 1 rings (SSSR count). The van der Waals surface area contributed by atoms with Crippen molar-refractivity contribution < 1.29 is 0 Å². The Kier molecular flexibility index (Phi) is 5.11. The minimum absolute atomic E-state index is 0.0263. The summed E-state index contributed by atoms with van der Waals surface area (Å²) >= 11 is 0. The molecule has 102 valence electrons. The van der Waals surface area contributed by atoms with Crippen molar-refractivity contribution in [3.8, 4) is 0 Å². The minimum Gasteiger partial charge on any atom is -0.384 e. The van der Waals surface area contributed by atoms with Crippen LogP contribution in [0.2, 0.25) is 0 Å². The largest absolute Gasteiger partial charge is 0.384 e. The second-order valence-corrected chi connectivity index (χ2v) is 5.23. The first kappa shape index (κ1) is 14.9. The molecule has 0 saturated heterocycles. The van der Waals surface area contributed by atoms with E-state index >= 15 is 0 Å². The van der Waals surface area contributed by atoms with E-state index in [4.69, 9.17) is 11.5 Å². The van der Waals surface area contributed by atoms with Gasteiger partial charge >= 0.3 is 0 Å². The van der Waals surface area contributed by atoms with Gasteiger partial charge in [-0.1, -0.05) is 13.8 Å². The van der Waals surface area contributed by atoms with E-state index in [-0.39, 0.29) is 11.6 Å². The van der Waals surface area contributed by atoms with Gasteiger partial charge in [-0.25, -0.2) is 4.98 Å². The molecule has 0 spiro atoms. The summed E-state index contributed by atoms with van der Waals surface area (Å²) in [4.78, 5) is 6.39. The molecule has 0 aliphatic carbocycles. The van der Waals surface area contributed by atoms with Crippen molar-refractivity contribution in [1.29, 1.82) is 0 Å². The van der Waals surface area contributed by atoms with Gasteiger partial charge in [0, 0.05) is 17.8 Å². The lowest BCUT2D eigenvalue weighted by molar-refractivity contribution is 0.106. The van der Waals surface area contributed by atoms with Gasteiger partial charge in [-0.05, 0) is 51.1 Å². The number of pyridine rings is 1. The molecule has 4 nitrogen and oxygen atoms in total. The van der Waals surface area contributed by atoms with Gasteiger partial charge in [-0.15, -0.1) is 0 Å². The Morgan fingerprint density at radius 1 is 1.33 bits per heavy atom. The summed E-state index contributed by atoms with van der Waals surface area (Å²) in [6.07, 6.45) is 2.55. The van der Waals surface area contributed by atoms with E-state index in [0.717, 1.165) is 25.1 Å². The number of likely N-dealkylation sites (N-methyl/N-ethyl adjacent to an activating group) is 1. The molecular formula is C14H26N4. The number of aromatic nitrogens is 1. The maximum absolute atomic E-state index is 6.38. The fraction of sp³-hybridized carbons (Fsp3) is 0.643. The number of nitrogens with two attached hydrogens (primary N) is 2. The Balaban J connectivity index is 2.78. The van der Waals surface area contributed by atoms with Crippen molar-refractivity contribution in [1.82, 2.24) is 9.88 Å². The van der Waals surface area contributed by atoms with Gasteiger partial charge in [0.2, 0.25) is 0 Å². The van der Waals surface area contributed by atoms with Crippen LogP contribution in [-0.2, 0) is 6.42 Å². The van der Waals surface area contributed by atoms with Gasteiger partial charge in [-0.3, -0.25) is 4.90 Å². The van der Waals surface area contributed by atoms with Crippen molar-refractivity contribution in [3.63, 3.8) is 0 Å². The smallest absolute Gasteiger partial charge is 0.123 e. The van der Waals surface area contributed by atoms with Crippen molar-refractivity contribution in [3.05, 3.63) is 23.9 Å². The molecule has 0 amide bonds. The summed E-state index contributed by atoms with van der Waals surface area (Å²) in [5.74, 6) is 0.556. The van der Waals surface area contributed by atoms with Gasteiger partial charge in [0.1, 0.15) is 5.82 Å². The summed E-state index contributed by atoms with van der Waals surface area (Å²) in [5, 5.41) is 0. The molecular weight excluding hydrogens is 224 g/mol. The van der Waals surface area contributed by atoms with Gasteiger partial charge < -0.3 is 11.5 Å². The van der Waals surface area contributed by atoms with Crippen LogP contribution in [0, 0.1) is 0 Å². The van der Waals surface area contributed by atoms with Gasteiger partial charge in [0.25, 0.3) is 0 Å². The van der Waals surface area contributed by atoms with Gasteiger partial charge in [0.05, 0.1) is 0 Å². The lowest BCUT2D eigenvalue weighted by Gasteiger charge is -2.42. The molecule has 1 unspecified atom stereocenters. The second-order valence-electron chi connectivity index (χ2n) is 5.23. The maximum atomic E-state index is 6.38. The highest BCUT2D eigenvalue weighted by Crippen LogP contribution is 2.20. The van der Waals surface area contributed by atoms with Crippen LogP contribution in [0.25, 0.3) is 0 Å². The van der Waals surface area contributed by atoms with Crippen LogP contribution in [0.15, 0.2) is 18.3 Å². The van der Waals surface area contributed by atoms with E-state index in [0.29, 0.717) is 5.82 Å². The Labute approximate surface area is 110 Å². The van der Waals surface area contributed by atoms with Crippen LogP contribution in [-0.4, -0.2) is 34.6 Å². The highest BCUT2D eigenvalue weighted by molar-refractivity contribution is 5.32. The number of nitrogens with zero attached hydrogens (tertiary/aromatic N) is 2. The Morgan fingerprint density at radius 3 is 2.44 bits per heavy atom. The van der Waals surface area contributed by atoms with Crippen LogP contribution in [0.5, 0.6) is 0 Å². The molecule has 0 bridgehead atoms. The van der Waals surface area contributed by atoms with Crippen molar-refractivity contribution in [2.45, 2.75) is 45.7 Å². The zero-order valence-electron chi connectivity index (χ0n) is 12.0. The first-order chi connectivity index (χ1) is 8.41. The number of hydrogen-bond acceptors (Lipinski definition) is 4. The minimum atomic E-state index is -0.0263. The highest BCUT2D eigenvalue weighted by atomic mass is 15.2. The zero-order valence-corrected chi connectivity index (χ0v) is 12.0. The standard InChI is InChI=1S/C14H26N4/c1-5-18(6-2)14(3,4)12(15)9-11-7-8-17-13(16)10-11/h7-8,10,12H,5-6,9,15H2,1-4H3,(H2,16,17). The number of nitrogen functional groups attached to an aromatic ring is 1. The first-order valence-corrected chi connectivity index (χ1v) is 6.62. The average Bonchev–Trinajstić information content (AvgIpc) is 2.30. The van der Waals surface area contributed by atoms with Crippen LogP contribution in [0.3, 0.4) is 0 Å². The molecule has 4 heteroatoms. The van der Waals surface area contributed by atoms with Crippen LogP contribution >= 0.6 is 0 Å². The predicted octanol–water partition coefficient (Wildman–Crippen LogP) is 1.65. The molecule has 0 saturated carbocycles. The summed E-state index contributed by atoms with van der Waals surface area (Å²) in [7, 11) is 0. The van der Waals surface area contributed by atoms with Crippen LogP contribution < -0.4 is 11.5 Å². The Bertz CT molecular complexity index is 372. The normalized spacial score (nSPS) is 13.9. The van der Waals surface area contributed by atoms with E-state index in [1.54, 1.807) is 6.20 Å². The van der Waals surface area contributed by atoms with Crippen molar-refractivity contribution in [2.75, 3.05) is 18.8 Å². The molecule has 0 radical (unpaired) electrons. The monoisotopic (exact) mass is 250 g/mol. The average molecular weight is 250 g/mol. The molecule has 0 aromatic carbocycles. The third-order valence-electron chi connectivity index (χ3n) is 3.79. The van der Waals surface area contributed by atoms with E-state index in [9.17, 15) is 0 Å². The predicted molar refractivity (Wildman–Crippen MR) is 77.3 cm³/mol. The molecule has 18 heavy (non-hydrogen) atoms. The summed E-state index contributed by atoms with van der Waals surface area (Å²) in [6, 6.07) is 3.95. The van der Waals surface area contributed by atoms with Gasteiger partial charge in [-0.2, -0.15) is 0 Å². The molecule has 0 aliphatic rings. The molecule has 1 heterocycles. The van der Waals surface area contributed by atoms with E-state index in [2.05, 4.69) is 37.6 Å². The number of rotatable bonds is 6. The maximum Gasteiger partial charge on any atom is 0.123 e. The molecule has 1 atom stereocenters. The third kappa shape index (κ3) is 3.43. The second kappa shape index (κ2) is 6.16. The number of anilines is 1. The fourth-order valence-corrected chi connectivity index (χ4v) is 2.40. The Hall–Kier alpha value is -1.13.